The molecule has 1 aromatic heterocycles. The Bertz CT molecular complexity index is 553. The molecule has 0 saturated carbocycles. The van der Waals surface area contributed by atoms with E-state index in [0.29, 0.717) is 6.42 Å². The number of anilines is 1. The fourth-order valence-electron chi connectivity index (χ4n) is 3.54. The van der Waals surface area contributed by atoms with Gasteiger partial charge in [-0.2, -0.15) is 0 Å². The predicted octanol–water partition coefficient (Wildman–Crippen LogP) is 8.25. The van der Waals surface area contributed by atoms with Crippen molar-refractivity contribution in [1.82, 2.24) is 4.98 Å². The van der Waals surface area contributed by atoms with Crippen LogP contribution in [-0.2, 0) is 4.79 Å². The van der Waals surface area contributed by atoms with Crippen molar-refractivity contribution in [2.24, 2.45) is 0 Å². The maximum absolute atomic E-state index is 12.4. The highest BCUT2D eigenvalue weighted by molar-refractivity contribution is 7.99. The third kappa shape index (κ3) is 11.9. The molecular formula is C24H42N2OS2. The van der Waals surface area contributed by atoms with Crippen molar-refractivity contribution in [3.05, 3.63) is 11.8 Å². The largest absolute Gasteiger partial charge is 0.323 e. The number of nitrogens with zero attached hydrogens (tertiary/aromatic N) is 1. The number of carbonyl (C=O) groups is 1. The molecule has 0 aliphatic heterocycles. The van der Waals surface area contributed by atoms with Gasteiger partial charge < -0.3 is 5.32 Å². The van der Waals surface area contributed by atoms with Crippen molar-refractivity contribution in [3.8, 4) is 0 Å². The van der Waals surface area contributed by atoms with Gasteiger partial charge in [-0.1, -0.05) is 84.0 Å². The van der Waals surface area contributed by atoms with Gasteiger partial charge in [0.15, 0.2) is 0 Å². The zero-order chi connectivity index (χ0) is 21.3. The first-order chi connectivity index (χ1) is 14.1. The van der Waals surface area contributed by atoms with Crippen molar-refractivity contribution < 1.29 is 4.79 Å². The van der Waals surface area contributed by atoms with Crippen molar-refractivity contribution in [2.75, 3.05) is 17.8 Å². The Labute approximate surface area is 188 Å². The summed E-state index contributed by atoms with van der Waals surface area (Å²) in [4.78, 5) is 18.0. The molecule has 0 aliphatic carbocycles. The first kappa shape index (κ1) is 26.4. The molecule has 3 nitrogen and oxygen atoms in total. The normalized spacial score (nSPS) is 11.0. The van der Waals surface area contributed by atoms with Crippen molar-refractivity contribution in [3.63, 3.8) is 0 Å². The zero-order valence-electron chi connectivity index (χ0n) is 19.1. The molecule has 1 heterocycles. The third-order valence-electron chi connectivity index (χ3n) is 5.26. The lowest BCUT2D eigenvalue weighted by molar-refractivity contribution is -0.116. The van der Waals surface area contributed by atoms with E-state index in [4.69, 9.17) is 0 Å². The summed E-state index contributed by atoms with van der Waals surface area (Å²) in [6.45, 7) is 4.27. The van der Waals surface area contributed by atoms with Gasteiger partial charge in [-0.05, 0) is 31.9 Å². The SMILES string of the molecule is CCCCCCCCCCCCCCCC(=O)Nc1c(SC)cc(C)nc1SC. The smallest absolute Gasteiger partial charge is 0.224 e. The molecule has 1 N–H and O–H groups in total. The van der Waals surface area contributed by atoms with Crippen molar-refractivity contribution in [2.45, 2.75) is 114 Å². The highest BCUT2D eigenvalue weighted by Crippen LogP contribution is 2.33. The van der Waals surface area contributed by atoms with Gasteiger partial charge in [0.05, 0.1) is 5.69 Å². The van der Waals surface area contributed by atoms with Gasteiger partial charge >= 0.3 is 0 Å². The Morgan fingerprint density at radius 3 is 1.86 bits per heavy atom. The van der Waals surface area contributed by atoms with E-state index in [-0.39, 0.29) is 5.91 Å². The summed E-state index contributed by atoms with van der Waals surface area (Å²) in [6, 6.07) is 2.05. The molecule has 1 aromatic rings. The minimum absolute atomic E-state index is 0.115. The molecule has 0 aromatic carbocycles. The minimum atomic E-state index is 0.115. The topological polar surface area (TPSA) is 42.0 Å². The van der Waals surface area contributed by atoms with Crippen LogP contribution in [0.15, 0.2) is 16.0 Å². The van der Waals surface area contributed by atoms with Crippen LogP contribution in [0.5, 0.6) is 0 Å². The first-order valence-electron chi connectivity index (χ1n) is 11.5. The highest BCUT2D eigenvalue weighted by Gasteiger charge is 2.13. The van der Waals surface area contributed by atoms with Crippen LogP contribution in [0.4, 0.5) is 5.69 Å². The Kier molecular flexibility index (Phi) is 15.5. The molecule has 0 aliphatic rings. The lowest BCUT2D eigenvalue weighted by Crippen LogP contribution is -2.13. The molecule has 5 heteroatoms. The molecule has 29 heavy (non-hydrogen) atoms. The van der Waals surface area contributed by atoms with Crippen molar-refractivity contribution >= 4 is 35.1 Å². The van der Waals surface area contributed by atoms with Crippen LogP contribution in [-0.4, -0.2) is 23.4 Å². The molecule has 0 spiro atoms. The molecule has 0 unspecified atom stereocenters. The second kappa shape index (κ2) is 17.0. The van der Waals surface area contributed by atoms with E-state index >= 15 is 0 Å². The Morgan fingerprint density at radius 2 is 1.38 bits per heavy atom. The summed E-state index contributed by atoms with van der Waals surface area (Å²) in [5, 5.41) is 4.02. The number of nitrogens with one attached hydrogen (secondary N) is 1. The number of aromatic nitrogens is 1. The van der Waals surface area contributed by atoms with Crippen LogP contribution < -0.4 is 5.32 Å². The second-order valence-electron chi connectivity index (χ2n) is 7.89. The van der Waals surface area contributed by atoms with Gasteiger partial charge in [-0.25, -0.2) is 4.98 Å². The number of rotatable bonds is 17. The van der Waals surface area contributed by atoms with Crippen LogP contribution in [0.3, 0.4) is 0 Å². The van der Waals surface area contributed by atoms with Gasteiger partial charge in [0.2, 0.25) is 5.91 Å². The molecule has 0 atom stereocenters. The van der Waals surface area contributed by atoms with Crippen LogP contribution in [0, 0.1) is 6.92 Å². The summed E-state index contributed by atoms with van der Waals surface area (Å²) in [5.74, 6) is 0.115. The summed E-state index contributed by atoms with van der Waals surface area (Å²) >= 11 is 3.25. The number of amides is 1. The van der Waals surface area contributed by atoms with E-state index in [9.17, 15) is 4.79 Å². The highest BCUT2D eigenvalue weighted by atomic mass is 32.2. The number of pyridine rings is 1. The second-order valence-corrected chi connectivity index (χ2v) is 9.53. The number of hydrogen-bond donors (Lipinski definition) is 1. The maximum Gasteiger partial charge on any atom is 0.224 e. The predicted molar refractivity (Wildman–Crippen MR) is 131 cm³/mol. The Morgan fingerprint density at radius 1 is 0.862 bits per heavy atom. The van der Waals surface area contributed by atoms with Gasteiger partial charge in [0.25, 0.3) is 0 Å². The third-order valence-corrected chi connectivity index (χ3v) is 6.71. The van der Waals surface area contributed by atoms with E-state index in [0.717, 1.165) is 34.1 Å². The molecule has 0 radical (unpaired) electrons. The number of aryl methyl sites for hydroxylation is 1. The Hall–Kier alpha value is -0.680. The standard InChI is InChI=1S/C24H42N2OS2/c1-5-6-7-8-9-10-11-12-13-14-15-16-17-18-22(27)26-23-21(28-3)19-20(2)25-24(23)29-4/h19H,5-18H2,1-4H3,(H,26,27). The van der Waals surface area contributed by atoms with Crippen LogP contribution >= 0.6 is 23.5 Å². The monoisotopic (exact) mass is 438 g/mol. The van der Waals surface area contributed by atoms with Crippen molar-refractivity contribution in [1.29, 1.82) is 0 Å². The summed E-state index contributed by atoms with van der Waals surface area (Å²) in [7, 11) is 0. The quantitative estimate of drug-likeness (QED) is 0.196. The molecule has 1 amide bonds. The van der Waals surface area contributed by atoms with Crippen LogP contribution in [0.25, 0.3) is 0 Å². The van der Waals surface area contributed by atoms with E-state index in [1.54, 1.807) is 23.5 Å². The van der Waals surface area contributed by atoms with Gasteiger partial charge in [-0.3, -0.25) is 4.79 Å². The zero-order valence-corrected chi connectivity index (χ0v) is 20.8. The van der Waals surface area contributed by atoms with Gasteiger partial charge in [0, 0.05) is 17.0 Å². The van der Waals surface area contributed by atoms with E-state index in [1.807, 2.05) is 25.5 Å². The number of hydrogen-bond acceptors (Lipinski definition) is 4. The number of unbranched alkanes of at least 4 members (excludes halogenated alkanes) is 12. The average Bonchev–Trinajstić information content (AvgIpc) is 2.72. The van der Waals surface area contributed by atoms with E-state index in [1.165, 1.54) is 70.6 Å². The summed E-state index contributed by atoms with van der Waals surface area (Å²) in [6.07, 6.45) is 21.9. The minimum Gasteiger partial charge on any atom is -0.323 e. The number of thioether (sulfide) groups is 2. The number of carbonyl (C=O) groups excluding carboxylic acids is 1. The van der Waals surface area contributed by atoms with E-state index < -0.39 is 0 Å². The summed E-state index contributed by atoms with van der Waals surface area (Å²) < 4.78 is 0. The summed E-state index contributed by atoms with van der Waals surface area (Å²) in [5.41, 5.74) is 1.88. The lowest BCUT2D eigenvalue weighted by Gasteiger charge is -2.14. The molecular weight excluding hydrogens is 396 g/mol. The van der Waals surface area contributed by atoms with Crippen LogP contribution in [0.2, 0.25) is 0 Å². The molecule has 0 fully saturated rings. The first-order valence-corrected chi connectivity index (χ1v) is 14.0. The molecule has 1 rings (SSSR count). The Balaban J connectivity index is 2.11. The average molecular weight is 439 g/mol. The lowest BCUT2D eigenvalue weighted by atomic mass is 10.0. The van der Waals surface area contributed by atoms with Gasteiger partial charge in [0.1, 0.15) is 5.03 Å². The molecule has 0 bridgehead atoms. The van der Waals surface area contributed by atoms with Gasteiger partial charge in [-0.15, -0.1) is 23.5 Å². The maximum atomic E-state index is 12.4. The van der Waals surface area contributed by atoms with Crippen LogP contribution in [0.1, 0.15) is 103 Å². The fraction of sp³-hybridized carbons (Fsp3) is 0.750. The van der Waals surface area contributed by atoms with E-state index in [2.05, 4.69) is 17.2 Å². The fourth-order valence-corrected chi connectivity index (χ4v) is 4.85. The molecule has 0 saturated heterocycles. The molecule has 166 valence electrons.